The van der Waals surface area contributed by atoms with Crippen LogP contribution < -0.4 is 0 Å². The van der Waals surface area contributed by atoms with Gasteiger partial charge in [0.1, 0.15) is 0 Å². The number of thioether (sulfide) groups is 1. The second-order valence-electron chi connectivity index (χ2n) is 7.52. The van der Waals surface area contributed by atoms with E-state index in [1.165, 1.54) is 24.6 Å². The lowest BCUT2D eigenvalue weighted by Crippen LogP contribution is -2.33. The molecule has 0 bridgehead atoms. The van der Waals surface area contributed by atoms with Crippen molar-refractivity contribution in [1.82, 2.24) is 19.7 Å². The molecule has 1 aliphatic rings. The van der Waals surface area contributed by atoms with Crippen molar-refractivity contribution in [2.45, 2.75) is 51.2 Å². The minimum Gasteiger partial charge on any atom is -0.342 e. The summed E-state index contributed by atoms with van der Waals surface area (Å²) in [5.41, 5.74) is 0.796. The van der Waals surface area contributed by atoms with Crippen LogP contribution in [0.25, 0.3) is 11.4 Å². The monoisotopic (exact) mass is 440 g/mol. The van der Waals surface area contributed by atoms with Crippen LogP contribution in [0.5, 0.6) is 0 Å². The second-order valence-corrected chi connectivity index (χ2v) is 9.30. The zero-order chi connectivity index (χ0) is 20.1. The molecule has 1 aliphatic heterocycles. The molecule has 0 unspecified atom stereocenters. The molecule has 0 spiro atoms. The summed E-state index contributed by atoms with van der Waals surface area (Å²) in [4.78, 5) is 14.6. The van der Waals surface area contributed by atoms with E-state index in [9.17, 15) is 4.79 Å². The third-order valence-corrected chi connectivity index (χ3v) is 6.22. The van der Waals surface area contributed by atoms with E-state index in [0.717, 1.165) is 43.2 Å². The van der Waals surface area contributed by atoms with Crippen molar-refractivity contribution in [3.8, 4) is 11.4 Å². The number of hydrogen-bond acceptors (Lipinski definition) is 4. The fraction of sp³-hybridized carbons (Fsp3) is 0.550. The lowest BCUT2D eigenvalue weighted by atomic mass is 10.2. The summed E-state index contributed by atoms with van der Waals surface area (Å²) >= 11 is 13.9. The van der Waals surface area contributed by atoms with Gasteiger partial charge >= 0.3 is 0 Å². The highest BCUT2D eigenvalue weighted by atomic mass is 35.5. The Bertz CT molecular complexity index is 817. The Balaban J connectivity index is 1.79. The molecule has 28 heavy (non-hydrogen) atoms. The highest BCUT2D eigenvalue weighted by molar-refractivity contribution is 7.99. The molecule has 5 nitrogen and oxygen atoms in total. The molecule has 2 aromatic rings. The number of carbonyl (C=O) groups is 1. The van der Waals surface area contributed by atoms with Gasteiger partial charge in [0.15, 0.2) is 11.0 Å². The number of hydrogen-bond donors (Lipinski definition) is 0. The maximum Gasteiger partial charge on any atom is 0.233 e. The molecular weight excluding hydrogens is 415 g/mol. The molecule has 8 heteroatoms. The molecule has 0 atom stereocenters. The number of aromatic nitrogens is 3. The zero-order valence-corrected chi connectivity index (χ0v) is 18.7. The van der Waals surface area contributed by atoms with Crippen molar-refractivity contribution >= 4 is 40.9 Å². The lowest BCUT2D eigenvalue weighted by molar-refractivity contribution is -0.128. The smallest absolute Gasteiger partial charge is 0.233 e. The predicted octanol–water partition coefficient (Wildman–Crippen LogP) is 5.40. The minimum atomic E-state index is 0.178. The standard InChI is InChI=1S/C20H26Cl2N4OS/c1-14(2)12-26-19(16-8-7-15(21)11-17(16)22)23-24-20(26)28-13-18(27)25-9-5-3-4-6-10-25/h7-8,11,14H,3-6,9-10,12-13H2,1-2H3. The number of amides is 1. The summed E-state index contributed by atoms with van der Waals surface area (Å²) in [6.45, 7) is 6.77. The molecule has 1 amide bonds. The van der Waals surface area contributed by atoms with Crippen LogP contribution in [0, 0.1) is 5.92 Å². The average Bonchev–Trinajstić information content (AvgIpc) is 2.85. The topological polar surface area (TPSA) is 51.0 Å². The molecule has 152 valence electrons. The number of rotatable bonds is 6. The van der Waals surface area contributed by atoms with E-state index in [1.807, 2.05) is 11.0 Å². The van der Waals surface area contributed by atoms with E-state index in [-0.39, 0.29) is 5.91 Å². The third kappa shape index (κ3) is 5.43. The maximum atomic E-state index is 12.6. The zero-order valence-electron chi connectivity index (χ0n) is 16.3. The van der Waals surface area contributed by atoms with E-state index in [1.54, 1.807) is 12.1 Å². The number of nitrogens with zero attached hydrogens (tertiary/aromatic N) is 4. The molecule has 1 aromatic heterocycles. The summed E-state index contributed by atoms with van der Waals surface area (Å²) in [6, 6.07) is 5.37. The van der Waals surface area contributed by atoms with Gasteiger partial charge < -0.3 is 9.47 Å². The van der Waals surface area contributed by atoms with Crippen molar-refractivity contribution in [1.29, 1.82) is 0 Å². The minimum absolute atomic E-state index is 0.178. The molecule has 3 rings (SSSR count). The number of carbonyl (C=O) groups excluding carboxylic acids is 1. The fourth-order valence-corrected chi connectivity index (χ4v) is 4.68. The normalized spacial score (nSPS) is 15.1. The van der Waals surface area contributed by atoms with Gasteiger partial charge in [0.05, 0.1) is 10.8 Å². The Morgan fingerprint density at radius 2 is 1.86 bits per heavy atom. The van der Waals surface area contributed by atoms with Gasteiger partial charge in [-0.1, -0.05) is 61.7 Å². The summed E-state index contributed by atoms with van der Waals surface area (Å²) in [7, 11) is 0. The second kappa shape index (κ2) is 9.99. The van der Waals surface area contributed by atoms with Gasteiger partial charge in [-0.05, 0) is 37.0 Å². The third-order valence-electron chi connectivity index (χ3n) is 4.72. The van der Waals surface area contributed by atoms with Gasteiger partial charge in [0.2, 0.25) is 5.91 Å². The van der Waals surface area contributed by atoms with Gasteiger partial charge in [0, 0.05) is 30.2 Å². The van der Waals surface area contributed by atoms with Crippen molar-refractivity contribution in [2.24, 2.45) is 5.92 Å². The number of likely N-dealkylation sites (tertiary alicyclic amines) is 1. The van der Waals surface area contributed by atoms with E-state index in [4.69, 9.17) is 23.2 Å². The quantitative estimate of drug-likeness (QED) is 0.563. The molecule has 1 saturated heterocycles. The molecule has 0 saturated carbocycles. The van der Waals surface area contributed by atoms with Crippen LogP contribution in [0.15, 0.2) is 23.4 Å². The van der Waals surface area contributed by atoms with Crippen molar-refractivity contribution in [3.63, 3.8) is 0 Å². The molecular formula is C20H26Cl2N4OS. The SMILES string of the molecule is CC(C)Cn1c(SCC(=O)N2CCCCCC2)nnc1-c1ccc(Cl)cc1Cl. The van der Waals surface area contributed by atoms with Crippen LogP contribution in [0.2, 0.25) is 10.0 Å². The van der Waals surface area contributed by atoms with Gasteiger partial charge in [-0.25, -0.2) is 0 Å². The first-order valence-electron chi connectivity index (χ1n) is 9.75. The van der Waals surface area contributed by atoms with Crippen LogP contribution in [0.1, 0.15) is 39.5 Å². The average molecular weight is 441 g/mol. The van der Waals surface area contributed by atoms with Crippen LogP contribution >= 0.6 is 35.0 Å². The first-order chi connectivity index (χ1) is 13.5. The van der Waals surface area contributed by atoms with Crippen LogP contribution in [-0.2, 0) is 11.3 Å². The predicted molar refractivity (Wildman–Crippen MR) is 116 cm³/mol. The molecule has 0 radical (unpaired) electrons. The van der Waals surface area contributed by atoms with Crippen molar-refractivity contribution < 1.29 is 4.79 Å². The maximum absolute atomic E-state index is 12.6. The molecule has 0 N–H and O–H groups in total. The summed E-state index contributed by atoms with van der Waals surface area (Å²) in [6.07, 6.45) is 4.62. The highest BCUT2D eigenvalue weighted by Gasteiger charge is 2.20. The van der Waals surface area contributed by atoms with Crippen molar-refractivity contribution in [3.05, 3.63) is 28.2 Å². The molecule has 1 aromatic carbocycles. The number of benzene rings is 1. The Labute approximate surface area is 180 Å². The lowest BCUT2D eigenvalue weighted by Gasteiger charge is -2.20. The van der Waals surface area contributed by atoms with Gasteiger partial charge in [-0.2, -0.15) is 0 Å². The Hall–Kier alpha value is -1.24. The summed E-state index contributed by atoms with van der Waals surface area (Å²) in [5.74, 6) is 1.67. The van der Waals surface area contributed by atoms with E-state index in [0.29, 0.717) is 27.5 Å². The van der Waals surface area contributed by atoms with Crippen LogP contribution in [-0.4, -0.2) is 44.4 Å². The molecule has 2 heterocycles. The van der Waals surface area contributed by atoms with E-state index in [2.05, 4.69) is 28.6 Å². The Morgan fingerprint density at radius 1 is 1.14 bits per heavy atom. The number of halogens is 2. The van der Waals surface area contributed by atoms with Crippen LogP contribution in [0.4, 0.5) is 0 Å². The first-order valence-corrected chi connectivity index (χ1v) is 11.5. The van der Waals surface area contributed by atoms with E-state index < -0.39 is 0 Å². The highest BCUT2D eigenvalue weighted by Crippen LogP contribution is 2.32. The van der Waals surface area contributed by atoms with E-state index >= 15 is 0 Å². The van der Waals surface area contributed by atoms with Gasteiger partial charge in [-0.3, -0.25) is 4.79 Å². The molecule has 0 aliphatic carbocycles. The summed E-state index contributed by atoms with van der Waals surface area (Å²) in [5, 5.41) is 10.6. The Kier molecular flexibility index (Phi) is 7.66. The van der Waals surface area contributed by atoms with Gasteiger partial charge in [-0.15, -0.1) is 10.2 Å². The largest absolute Gasteiger partial charge is 0.342 e. The fourth-order valence-electron chi connectivity index (χ4n) is 3.33. The summed E-state index contributed by atoms with van der Waals surface area (Å²) < 4.78 is 2.06. The van der Waals surface area contributed by atoms with Gasteiger partial charge in [0.25, 0.3) is 0 Å². The van der Waals surface area contributed by atoms with Crippen molar-refractivity contribution in [2.75, 3.05) is 18.8 Å². The van der Waals surface area contributed by atoms with Crippen LogP contribution in [0.3, 0.4) is 0 Å². The molecule has 1 fully saturated rings. The Morgan fingerprint density at radius 3 is 2.50 bits per heavy atom. The first kappa shape index (κ1) is 21.5.